The largest absolute Gasteiger partial charge is 0.468 e. The van der Waals surface area contributed by atoms with E-state index in [1.807, 2.05) is 0 Å². The zero-order valence-electron chi connectivity index (χ0n) is 13.0. The lowest BCUT2D eigenvalue weighted by Gasteiger charge is -2.40. The van der Waals surface area contributed by atoms with Crippen molar-refractivity contribution in [1.82, 2.24) is 9.80 Å². The Labute approximate surface area is 122 Å². The first kappa shape index (κ1) is 15.7. The molecule has 2 unspecified atom stereocenters. The second-order valence-corrected chi connectivity index (χ2v) is 6.11. The van der Waals surface area contributed by atoms with E-state index in [4.69, 9.17) is 9.47 Å². The number of carbonyl (C=O) groups excluding carboxylic acids is 1. The summed E-state index contributed by atoms with van der Waals surface area (Å²) in [6, 6.07) is 0.478. The lowest BCUT2D eigenvalue weighted by atomic mass is 10.0. The van der Waals surface area contributed by atoms with Crippen LogP contribution in [0.3, 0.4) is 0 Å². The highest BCUT2D eigenvalue weighted by atomic mass is 16.5. The van der Waals surface area contributed by atoms with Crippen LogP contribution in [0.1, 0.15) is 33.1 Å². The Morgan fingerprint density at radius 3 is 2.85 bits per heavy atom. The molecule has 0 bridgehead atoms. The van der Waals surface area contributed by atoms with Gasteiger partial charge in [-0.05, 0) is 33.2 Å². The first-order valence-electron chi connectivity index (χ1n) is 7.79. The molecular weight excluding hydrogens is 256 g/mol. The van der Waals surface area contributed by atoms with Crippen LogP contribution < -0.4 is 0 Å². The summed E-state index contributed by atoms with van der Waals surface area (Å²) in [5, 5.41) is 0. The van der Waals surface area contributed by atoms with Crippen LogP contribution in [-0.4, -0.2) is 73.9 Å². The number of hydrogen-bond donors (Lipinski definition) is 0. The Morgan fingerprint density at radius 2 is 2.15 bits per heavy atom. The molecule has 0 amide bonds. The SMILES string of the molecule is COC(=O)C1CCCCN1CC1CN(C(C)C)CCO1. The first-order valence-corrected chi connectivity index (χ1v) is 7.79. The fourth-order valence-corrected chi connectivity index (χ4v) is 3.20. The van der Waals surface area contributed by atoms with Crippen LogP contribution in [0.25, 0.3) is 0 Å². The Bertz CT molecular complexity index is 322. The fraction of sp³-hybridized carbons (Fsp3) is 0.933. The van der Waals surface area contributed by atoms with Crippen molar-refractivity contribution in [2.45, 2.75) is 51.3 Å². The van der Waals surface area contributed by atoms with Crippen LogP contribution in [0.4, 0.5) is 0 Å². The molecule has 5 nitrogen and oxygen atoms in total. The molecule has 2 saturated heterocycles. The van der Waals surface area contributed by atoms with Crippen molar-refractivity contribution in [2.24, 2.45) is 0 Å². The van der Waals surface area contributed by atoms with Crippen LogP contribution in [-0.2, 0) is 14.3 Å². The molecule has 20 heavy (non-hydrogen) atoms. The van der Waals surface area contributed by atoms with E-state index in [9.17, 15) is 4.79 Å². The van der Waals surface area contributed by atoms with E-state index in [1.165, 1.54) is 7.11 Å². The van der Waals surface area contributed by atoms with Crippen LogP contribution in [0.5, 0.6) is 0 Å². The lowest BCUT2D eigenvalue weighted by molar-refractivity contribution is -0.149. The second kappa shape index (κ2) is 7.38. The summed E-state index contributed by atoms with van der Waals surface area (Å²) in [7, 11) is 1.48. The molecule has 0 saturated carbocycles. The molecule has 0 N–H and O–H groups in total. The van der Waals surface area contributed by atoms with Crippen molar-refractivity contribution < 1.29 is 14.3 Å². The monoisotopic (exact) mass is 284 g/mol. The smallest absolute Gasteiger partial charge is 0.323 e. The third-order valence-electron chi connectivity index (χ3n) is 4.43. The van der Waals surface area contributed by atoms with Gasteiger partial charge in [0, 0.05) is 25.7 Å². The fourth-order valence-electron chi connectivity index (χ4n) is 3.20. The summed E-state index contributed by atoms with van der Waals surface area (Å²) >= 11 is 0. The van der Waals surface area contributed by atoms with Gasteiger partial charge in [-0.2, -0.15) is 0 Å². The van der Waals surface area contributed by atoms with Crippen molar-refractivity contribution in [3.63, 3.8) is 0 Å². The van der Waals surface area contributed by atoms with E-state index in [-0.39, 0.29) is 18.1 Å². The molecule has 2 aliphatic heterocycles. The number of hydrogen-bond acceptors (Lipinski definition) is 5. The third kappa shape index (κ3) is 3.93. The number of carbonyl (C=O) groups is 1. The normalized spacial score (nSPS) is 29.6. The topological polar surface area (TPSA) is 42.0 Å². The van der Waals surface area contributed by atoms with E-state index in [1.54, 1.807) is 0 Å². The molecule has 5 heteroatoms. The predicted octanol–water partition coefficient (Wildman–Crippen LogP) is 1.12. The Balaban J connectivity index is 1.91. The molecule has 0 spiro atoms. The number of morpholine rings is 1. The molecule has 2 heterocycles. The highest BCUT2D eigenvalue weighted by molar-refractivity contribution is 5.75. The van der Waals surface area contributed by atoms with Gasteiger partial charge in [-0.1, -0.05) is 6.42 Å². The first-order chi connectivity index (χ1) is 9.61. The van der Waals surface area contributed by atoms with Gasteiger partial charge in [-0.25, -0.2) is 0 Å². The molecular formula is C15H28N2O3. The van der Waals surface area contributed by atoms with Crippen molar-refractivity contribution >= 4 is 5.97 Å². The number of rotatable bonds is 4. The molecule has 0 aromatic rings. The number of methoxy groups -OCH3 is 1. The molecule has 2 atom stereocenters. The van der Waals surface area contributed by atoms with Gasteiger partial charge in [-0.15, -0.1) is 0 Å². The van der Waals surface area contributed by atoms with Crippen molar-refractivity contribution in [3.05, 3.63) is 0 Å². The maximum Gasteiger partial charge on any atom is 0.323 e. The number of piperidine rings is 1. The maximum atomic E-state index is 11.9. The van der Waals surface area contributed by atoms with E-state index < -0.39 is 0 Å². The minimum atomic E-state index is -0.0961. The summed E-state index contributed by atoms with van der Waals surface area (Å²) in [6.07, 6.45) is 3.39. The van der Waals surface area contributed by atoms with E-state index in [0.717, 1.165) is 52.0 Å². The van der Waals surface area contributed by atoms with E-state index in [2.05, 4.69) is 23.6 Å². The standard InChI is InChI=1S/C15H28N2O3/c1-12(2)16-8-9-20-13(10-16)11-17-7-5-4-6-14(17)15(18)19-3/h12-14H,4-11H2,1-3H3. The van der Waals surface area contributed by atoms with Crippen LogP contribution in [0, 0.1) is 0 Å². The zero-order chi connectivity index (χ0) is 14.5. The van der Waals surface area contributed by atoms with Gasteiger partial charge in [-0.3, -0.25) is 14.6 Å². The van der Waals surface area contributed by atoms with Crippen molar-refractivity contribution in [3.8, 4) is 0 Å². The molecule has 2 fully saturated rings. The highest BCUT2D eigenvalue weighted by Gasteiger charge is 2.32. The van der Waals surface area contributed by atoms with Crippen LogP contribution in [0.15, 0.2) is 0 Å². The zero-order valence-corrected chi connectivity index (χ0v) is 13.0. The van der Waals surface area contributed by atoms with Gasteiger partial charge in [0.1, 0.15) is 6.04 Å². The van der Waals surface area contributed by atoms with E-state index in [0.29, 0.717) is 6.04 Å². The molecule has 0 aromatic heterocycles. The molecule has 2 aliphatic rings. The van der Waals surface area contributed by atoms with Gasteiger partial charge in [0.2, 0.25) is 0 Å². The predicted molar refractivity (Wildman–Crippen MR) is 77.7 cm³/mol. The quantitative estimate of drug-likeness (QED) is 0.724. The number of esters is 1. The van der Waals surface area contributed by atoms with Crippen LogP contribution in [0.2, 0.25) is 0 Å². The van der Waals surface area contributed by atoms with Crippen LogP contribution >= 0.6 is 0 Å². The van der Waals surface area contributed by atoms with Crippen molar-refractivity contribution in [2.75, 3.05) is 39.9 Å². The Hall–Kier alpha value is -0.650. The third-order valence-corrected chi connectivity index (χ3v) is 4.43. The average Bonchev–Trinajstić information content (AvgIpc) is 2.47. The molecule has 0 aromatic carbocycles. The highest BCUT2D eigenvalue weighted by Crippen LogP contribution is 2.20. The summed E-state index contributed by atoms with van der Waals surface area (Å²) in [5.41, 5.74) is 0. The number of likely N-dealkylation sites (tertiary alicyclic amines) is 1. The van der Waals surface area contributed by atoms with Gasteiger partial charge in [0.15, 0.2) is 0 Å². The summed E-state index contributed by atoms with van der Waals surface area (Å²) < 4.78 is 10.8. The summed E-state index contributed by atoms with van der Waals surface area (Å²) in [4.78, 5) is 16.6. The molecule has 2 rings (SSSR count). The van der Waals surface area contributed by atoms with Crippen molar-refractivity contribution in [1.29, 1.82) is 0 Å². The Kier molecular flexibility index (Phi) is 5.81. The van der Waals surface area contributed by atoms with E-state index >= 15 is 0 Å². The number of ether oxygens (including phenoxy) is 2. The van der Waals surface area contributed by atoms with Gasteiger partial charge in [0.05, 0.1) is 19.8 Å². The molecule has 0 radical (unpaired) electrons. The number of nitrogens with zero attached hydrogens (tertiary/aromatic N) is 2. The minimum Gasteiger partial charge on any atom is -0.468 e. The molecule has 0 aliphatic carbocycles. The second-order valence-electron chi connectivity index (χ2n) is 6.11. The summed E-state index contributed by atoms with van der Waals surface area (Å²) in [6.45, 7) is 9.02. The lowest BCUT2D eigenvalue weighted by Crippen LogP contribution is -2.53. The summed E-state index contributed by atoms with van der Waals surface area (Å²) in [5.74, 6) is -0.0961. The average molecular weight is 284 g/mol. The van der Waals surface area contributed by atoms with Gasteiger partial charge in [0.25, 0.3) is 0 Å². The van der Waals surface area contributed by atoms with Gasteiger partial charge < -0.3 is 9.47 Å². The minimum absolute atomic E-state index is 0.0771. The van der Waals surface area contributed by atoms with Gasteiger partial charge >= 0.3 is 5.97 Å². The Morgan fingerprint density at radius 1 is 1.35 bits per heavy atom. The maximum absolute atomic E-state index is 11.9. The molecule has 116 valence electrons.